The zero-order chi connectivity index (χ0) is 26.9. The fourth-order valence-corrected chi connectivity index (χ4v) is 5.09. The Kier molecular flexibility index (Phi) is 8.94. The molecule has 1 atom stereocenters. The number of likely N-dealkylation sites (N-methyl/N-ethyl adjacent to an activating group) is 1. The highest BCUT2D eigenvalue weighted by Gasteiger charge is 2.41. The number of rotatable bonds is 5. The number of carbonyl (C=O) groups is 2. The number of fused-ring (bicyclic) bond motifs is 1. The highest BCUT2D eigenvalue weighted by atomic mass is 35.5. The number of alkyl halides is 3. The summed E-state index contributed by atoms with van der Waals surface area (Å²) in [6.45, 7) is 3.57. The Morgan fingerprint density at radius 3 is 2.11 bits per heavy atom. The van der Waals surface area contributed by atoms with Gasteiger partial charge in [0.05, 0.1) is 36.8 Å². The monoisotopic (exact) mass is 550 g/mol. The van der Waals surface area contributed by atoms with E-state index in [0.717, 1.165) is 25.1 Å². The molecule has 0 saturated heterocycles. The van der Waals surface area contributed by atoms with E-state index in [1.165, 1.54) is 37.5 Å². The number of ether oxygens (including phenoxy) is 2. The maximum Gasteiger partial charge on any atom is 0.416 e. The van der Waals surface area contributed by atoms with Crippen LogP contribution in [0.25, 0.3) is 0 Å². The van der Waals surface area contributed by atoms with Crippen LogP contribution in [-0.2, 0) is 38.2 Å². The van der Waals surface area contributed by atoms with E-state index >= 15 is 0 Å². The fourth-order valence-electron chi connectivity index (χ4n) is 5.09. The van der Waals surface area contributed by atoms with Crippen LogP contribution < -0.4 is 0 Å². The first-order valence-corrected chi connectivity index (χ1v) is 11.9. The van der Waals surface area contributed by atoms with Crippen molar-refractivity contribution in [2.45, 2.75) is 32.0 Å². The lowest BCUT2D eigenvalue weighted by atomic mass is 9.79. The molecule has 0 spiro atoms. The predicted molar refractivity (Wildman–Crippen MR) is 138 cm³/mol. The van der Waals surface area contributed by atoms with Crippen LogP contribution >= 0.6 is 12.4 Å². The molecule has 6 nitrogen and oxygen atoms in total. The van der Waals surface area contributed by atoms with Gasteiger partial charge in [0.1, 0.15) is 0 Å². The molecule has 0 bridgehead atoms. The Morgan fingerprint density at radius 1 is 0.947 bits per heavy atom. The van der Waals surface area contributed by atoms with Crippen molar-refractivity contribution in [2.75, 3.05) is 34.4 Å². The predicted octanol–water partition coefficient (Wildman–Crippen LogP) is 5.09. The SMILES string of the molecule is COC(=O)C1=C(C)N(C)C(CN2CCc3ccccc3C2)=C(C(=O)OC)C1c1ccc(C(F)(F)F)cc1.Cl. The summed E-state index contributed by atoms with van der Waals surface area (Å²) in [5.41, 5.74) is 3.59. The molecule has 0 fully saturated rings. The van der Waals surface area contributed by atoms with Crippen LogP contribution in [-0.4, -0.2) is 56.1 Å². The zero-order valence-corrected chi connectivity index (χ0v) is 22.4. The topological polar surface area (TPSA) is 59.1 Å². The molecule has 2 aromatic rings. The maximum atomic E-state index is 13.3. The van der Waals surface area contributed by atoms with Crippen molar-refractivity contribution in [3.63, 3.8) is 0 Å². The van der Waals surface area contributed by atoms with Crippen LogP contribution in [0.3, 0.4) is 0 Å². The molecular formula is C28H30ClF3N2O4. The molecule has 2 aliphatic heterocycles. The van der Waals surface area contributed by atoms with Crippen LogP contribution in [0.15, 0.2) is 71.1 Å². The number of allylic oxidation sites excluding steroid dienone is 1. The van der Waals surface area contributed by atoms with Gasteiger partial charge < -0.3 is 14.4 Å². The van der Waals surface area contributed by atoms with Gasteiger partial charge in [0.2, 0.25) is 0 Å². The highest BCUT2D eigenvalue weighted by molar-refractivity contribution is 6.00. The lowest BCUT2D eigenvalue weighted by Crippen LogP contribution is -2.40. The molecule has 204 valence electrons. The lowest BCUT2D eigenvalue weighted by Gasteiger charge is -2.39. The van der Waals surface area contributed by atoms with Crippen molar-refractivity contribution in [1.82, 2.24) is 9.80 Å². The first-order chi connectivity index (χ1) is 17.6. The van der Waals surface area contributed by atoms with Crippen molar-refractivity contribution in [3.8, 4) is 0 Å². The van der Waals surface area contributed by atoms with Crippen LogP contribution in [0.2, 0.25) is 0 Å². The van der Waals surface area contributed by atoms with E-state index in [0.29, 0.717) is 30.0 Å². The minimum Gasteiger partial charge on any atom is -0.466 e. The summed E-state index contributed by atoms with van der Waals surface area (Å²) < 4.78 is 49.9. The molecule has 0 radical (unpaired) electrons. The smallest absolute Gasteiger partial charge is 0.416 e. The van der Waals surface area contributed by atoms with Gasteiger partial charge in [-0.1, -0.05) is 36.4 Å². The van der Waals surface area contributed by atoms with Gasteiger partial charge in [-0.2, -0.15) is 13.2 Å². The third-order valence-corrected chi connectivity index (χ3v) is 7.15. The molecule has 10 heteroatoms. The van der Waals surface area contributed by atoms with E-state index in [1.54, 1.807) is 18.9 Å². The van der Waals surface area contributed by atoms with Gasteiger partial charge in [0.15, 0.2) is 0 Å². The largest absolute Gasteiger partial charge is 0.466 e. The van der Waals surface area contributed by atoms with Crippen molar-refractivity contribution in [1.29, 1.82) is 0 Å². The third-order valence-electron chi connectivity index (χ3n) is 7.15. The lowest BCUT2D eigenvalue weighted by molar-refractivity contribution is -0.138. The Balaban J connectivity index is 0.00000400. The number of nitrogens with zero attached hydrogens (tertiary/aromatic N) is 2. The fraction of sp³-hybridized carbons (Fsp3) is 0.357. The van der Waals surface area contributed by atoms with E-state index in [2.05, 4.69) is 17.0 Å². The van der Waals surface area contributed by atoms with E-state index < -0.39 is 29.6 Å². The standard InChI is InChI=1S/C28H29F3N2O4.ClH/c1-17-23(26(34)36-3)24(19-9-11-21(12-10-19)28(29,30)31)25(27(35)37-4)22(32(17)2)16-33-14-13-18-7-5-6-8-20(18)15-33;/h5-12,24H,13-16H2,1-4H3;1H. The van der Waals surface area contributed by atoms with Crippen LogP contribution in [0.4, 0.5) is 13.2 Å². The average molecular weight is 551 g/mol. The molecule has 1 unspecified atom stereocenters. The highest BCUT2D eigenvalue weighted by Crippen LogP contribution is 2.43. The second kappa shape index (κ2) is 11.6. The molecule has 4 rings (SSSR count). The summed E-state index contributed by atoms with van der Waals surface area (Å²) in [6.07, 6.45) is -3.66. The number of benzene rings is 2. The van der Waals surface area contributed by atoms with Gasteiger partial charge >= 0.3 is 18.1 Å². The van der Waals surface area contributed by atoms with Crippen molar-refractivity contribution in [2.24, 2.45) is 0 Å². The Hall–Kier alpha value is -3.30. The molecule has 0 saturated carbocycles. The van der Waals surface area contributed by atoms with E-state index in [1.807, 2.05) is 12.1 Å². The van der Waals surface area contributed by atoms with Crippen LogP contribution in [0, 0.1) is 0 Å². The molecule has 0 aromatic heterocycles. The summed E-state index contributed by atoms with van der Waals surface area (Å²) >= 11 is 0. The molecular weight excluding hydrogens is 521 g/mol. The summed E-state index contributed by atoms with van der Waals surface area (Å²) in [5, 5.41) is 0. The molecule has 2 aliphatic rings. The van der Waals surface area contributed by atoms with Gasteiger partial charge in [-0.15, -0.1) is 12.4 Å². The van der Waals surface area contributed by atoms with Gasteiger partial charge in [0.25, 0.3) is 0 Å². The van der Waals surface area contributed by atoms with Gasteiger partial charge in [-0.25, -0.2) is 9.59 Å². The number of carbonyl (C=O) groups excluding carboxylic acids is 2. The second-order valence-electron chi connectivity index (χ2n) is 9.18. The van der Waals surface area contributed by atoms with E-state index in [-0.39, 0.29) is 23.6 Å². The molecule has 38 heavy (non-hydrogen) atoms. The maximum absolute atomic E-state index is 13.3. The second-order valence-corrected chi connectivity index (χ2v) is 9.18. The van der Waals surface area contributed by atoms with Crippen molar-refractivity contribution >= 4 is 24.3 Å². The summed E-state index contributed by atoms with van der Waals surface area (Å²) in [5.74, 6) is -2.27. The molecule has 2 aromatic carbocycles. The summed E-state index contributed by atoms with van der Waals surface area (Å²) in [4.78, 5) is 30.2. The Morgan fingerprint density at radius 2 is 1.53 bits per heavy atom. The first kappa shape index (κ1) is 29.3. The van der Waals surface area contributed by atoms with Crippen molar-refractivity contribution in [3.05, 3.63) is 93.3 Å². The van der Waals surface area contributed by atoms with Crippen molar-refractivity contribution < 1.29 is 32.2 Å². The average Bonchev–Trinajstić information content (AvgIpc) is 2.89. The number of methoxy groups -OCH3 is 2. The number of esters is 2. The normalized spacial score (nSPS) is 18.1. The van der Waals surface area contributed by atoms with Crippen LogP contribution in [0.5, 0.6) is 0 Å². The molecule has 2 heterocycles. The minimum atomic E-state index is -4.51. The Bertz CT molecular complexity index is 1270. The minimum absolute atomic E-state index is 0. The molecule has 0 amide bonds. The number of hydrogen-bond donors (Lipinski definition) is 0. The summed E-state index contributed by atoms with van der Waals surface area (Å²) in [6, 6.07) is 12.7. The van der Waals surface area contributed by atoms with Gasteiger partial charge in [0, 0.05) is 38.1 Å². The number of halogens is 4. The summed E-state index contributed by atoms with van der Waals surface area (Å²) in [7, 11) is 4.24. The van der Waals surface area contributed by atoms with E-state index in [9.17, 15) is 22.8 Å². The van der Waals surface area contributed by atoms with E-state index in [4.69, 9.17) is 9.47 Å². The molecule has 0 N–H and O–H groups in total. The number of hydrogen-bond acceptors (Lipinski definition) is 6. The zero-order valence-electron chi connectivity index (χ0n) is 21.6. The van der Waals surface area contributed by atoms with Crippen LogP contribution in [0.1, 0.15) is 35.1 Å². The van der Waals surface area contributed by atoms with Gasteiger partial charge in [-0.3, -0.25) is 4.90 Å². The first-order valence-electron chi connectivity index (χ1n) is 11.9. The van der Waals surface area contributed by atoms with Gasteiger partial charge in [-0.05, 0) is 42.2 Å². The quantitative estimate of drug-likeness (QED) is 0.484. The Labute approximate surface area is 226 Å². The molecule has 0 aliphatic carbocycles. The third kappa shape index (κ3) is 5.59.